The second-order valence-corrected chi connectivity index (χ2v) is 6.57. The molecule has 2 amide bonds. The lowest BCUT2D eigenvalue weighted by atomic mass is 10.2. The summed E-state index contributed by atoms with van der Waals surface area (Å²) in [4.78, 5) is 49.4. The number of non-ortho nitro benzene ring substituents is 1. The first-order valence-corrected chi connectivity index (χ1v) is 9.00. The van der Waals surface area contributed by atoms with E-state index in [1.54, 1.807) is 7.05 Å². The highest BCUT2D eigenvalue weighted by atomic mass is 16.6. The number of carbonyl (C=O) groups is 3. The van der Waals surface area contributed by atoms with Gasteiger partial charge in [0.05, 0.1) is 10.6 Å². The van der Waals surface area contributed by atoms with Crippen LogP contribution in [0, 0.1) is 10.1 Å². The minimum atomic E-state index is -0.816. The van der Waals surface area contributed by atoms with Crippen LogP contribution in [0.4, 0.5) is 11.4 Å². The molecule has 2 aromatic carbocycles. The number of nitro groups is 1. The van der Waals surface area contributed by atoms with E-state index in [0.29, 0.717) is 6.54 Å². The molecule has 156 valence electrons. The molecule has 10 nitrogen and oxygen atoms in total. The highest BCUT2D eigenvalue weighted by molar-refractivity contribution is 6.01. The van der Waals surface area contributed by atoms with Gasteiger partial charge in [-0.15, -0.1) is 0 Å². The van der Waals surface area contributed by atoms with Crippen LogP contribution in [0.2, 0.25) is 0 Å². The molecule has 1 aliphatic rings. The average molecular weight is 413 g/mol. The number of amides is 2. The normalized spacial score (nSPS) is 12.6. The number of hydrogen-bond acceptors (Lipinski definition) is 7. The Kier molecular flexibility index (Phi) is 6.26. The molecule has 0 radical (unpaired) electrons. The van der Waals surface area contributed by atoms with Gasteiger partial charge in [0.25, 0.3) is 17.5 Å². The van der Waals surface area contributed by atoms with Crippen molar-refractivity contribution in [3.63, 3.8) is 0 Å². The molecule has 30 heavy (non-hydrogen) atoms. The lowest BCUT2D eigenvalue weighted by Crippen LogP contribution is -2.43. The Morgan fingerprint density at radius 1 is 1.23 bits per heavy atom. The van der Waals surface area contributed by atoms with E-state index in [4.69, 9.17) is 9.47 Å². The molecule has 0 fully saturated rings. The van der Waals surface area contributed by atoms with Crippen LogP contribution in [-0.2, 0) is 25.7 Å². The van der Waals surface area contributed by atoms with Crippen molar-refractivity contribution in [2.45, 2.75) is 6.54 Å². The van der Waals surface area contributed by atoms with E-state index in [9.17, 15) is 24.5 Å². The molecule has 0 atom stereocenters. The van der Waals surface area contributed by atoms with Crippen molar-refractivity contribution in [2.24, 2.45) is 0 Å². The van der Waals surface area contributed by atoms with Crippen molar-refractivity contribution < 1.29 is 28.8 Å². The number of likely N-dealkylation sites (N-methyl/N-ethyl adjacent to an activating group) is 1. The predicted octanol–water partition coefficient (Wildman–Crippen LogP) is 1.52. The molecule has 2 aromatic rings. The van der Waals surface area contributed by atoms with Gasteiger partial charge in [-0.3, -0.25) is 29.4 Å². The third-order valence-corrected chi connectivity index (χ3v) is 4.43. The Morgan fingerprint density at radius 3 is 2.67 bits per heavy atom. The maximum Gasteiger partial charge on any atom is 0.326 e. The summed E-state index contributed by atoms with van der Waals surface area (Å²) in [6.07, 6.45) is 0. The van der Waals surface area contributed by atoms with Crippen molar-refractivity contribution in [1.29, 1.82) is 0 Å². The summed E-state index contributed by atoms with van der Waals surface area (Å²) in [6, 6.07) is 13.1. The number of hydrogen-bond donors (Lipinski definition) is 0. The van der Waals surface area contributed by atoms with Crippen LogP contribution in [0.3, 0.4) is 0 Å². The van der Waals surface area contributed by atoms with Crippen LogP contribution < -0.4 is 9.64 Å². The van der Waals surface area contributed by atoms with Gasteiger partial charge in [0, 0.05) is 25.7 Å². The molecule has 0 saturated heterocycles. The van der Waals surface area contributed by atoms with E-state index in [2.05, 4.69) is 0 Å². The predicted molar refractivity (Wildman–Crippen MR) is 105 cm³/mol. The van der Waals surface area contributed by atoms with Crippen molar-refractivity contribution in [3.8, 4) is 5.75 Å². The second kappa shape index (κ2) is 9.03. The summed E-state index contributed by atoms with van der Waals surface area (Å²) in [6.45, 7) is -0.929. The fourth-order valence-corrected chi connectivity index (χ4v) is 2.85. The molecular weight excluding hydrogens is 394 g/mol. The summed E-state index contributed by atoms with van der Waals surface area (Å²) < 4.78 is 10.2. The summed E-state index contributed by atoms with van der Waals surface area (Å²) in [5.41, 5.74) is 0.782. The number of fused-ring (bicyclic) bond motifs is 1. The number of carbonyl (C=O) groups excluding carboxylic acids is 3. The molecule has 3 rings (SSSR count). The van der Waals surface area contributed by atoms with E-state index >= 15 is 0 Å². The minimum absolute atomic E-state index is 0.102. The van der Waals surface area contributed by atoms with Crippen LogP contribution in [-0.4, -0.2) is 54.4 Å². The van der Waals surface area contributed by atoms with Gasteiger partial charge in [0.2, 0.25) is 0 Å². The zero-order valence-corrected chi connectivity index (χ0v) is 16.1. The van der Waals surface area contributed by atoms with Gasteiger partial charge in [-0.1, -0.05) is 30.3 Å². The van der Waals surface area contributed by atoms with Crippen LogP contribution in [0.1, 0.15) is 5.56 Å². The van der Waals surface area contributed by atoms with Gasteiger partial charge in [0.1, 0.15) is 12.3 Å². The quantitative estimate of drug-likeness (QED) is 0.383. The molecule has 0 aliphatic carbocycles. The maximum absolute atomic E-state index is 12.2. The first-order chi connectivity index (χ1) is 14.3. The fraction of sp³-hybridized carbons (Fsp3) is 0.250. The first kappa shape index (κ1) is 20.8. The average Bonchev–Trinajstić information content (AvgIpc) is 2.74. The number of nitro benzene ring substituents is 1. The Balaban J connectivity index is 1.59. The molecule has 0 unspecified atom stereocenters. The number of rotatable bonds is 7. The third kappa shape index (κ3) is 4.90. The van der Waals surface area contributed by atoms with Crippen molar-refractivity contribution in [2.75, 3.05) is 31.7 Å². The van der Waals surface area contributed by atoms with Gasteiger partial charge in [-0.2, -0.15) is 0 Å². The van der Waals surface area contributed by atoms with Gasteiger partial charge in [-0.25, -0.2) is 0 Å². The van der Waals surface area contributed by atoms with Crippen LogP contribution in [0.5, 0.6) is 5.75 Å². The summed E-state index contributed by atoms with van der Waals surface area (Å²) >= 11 is 0. The highest BCUT2D eigenvalue weighted by Crippen LogP contribution is 2.35. The van der Waals surface area contributed by atoms with Crippen molar-refractivity contribution >= 4 is 29.2 Å². The third-order valence-electron chi connectivity index (χ3n) is 4.43. The summed E-state index contributed by atoms with van der Waals surface area (Å²) in [5.74, 6) is -1.53. The molecule has 10 heteroatoms. The SMILES string of the molecule is CN(Cc1ccccc1)C(=O)COC(=O)CN1C(=O)COc2ccc([N+](=O)[O-])cc21. The second-order valence-electron chi connectivity index (χ2n) is 6.57. The topological polar surface area (TPSA) is 119 Å². The van der Waals surface area contributed by atoms with Gasteiger partial charge in [0.15, 0.2) is 13.2 Å². The first-order valence-electron chi connectivity index (χ1n) is 9.00. The monoisotopic (exact) mass is 413 g/mol. The van der Waals surface area contributed by atoms with Crippen molar-refractivity contribution in [1.82, 2.24) is 4.90 Å². The number of anilines is 1. The Bertz CT molecular complexity index is 978. The highest BCUT2D eigenvalue weighted by Gasteiger charge is 2.30. The minimum Gasteiger partial charge on any atom is -0.482 e. The molecule has 0 bridgehead atoms. The molecule has 1 aliphatic heterocycles. The zero-order chi connectivity index (χ0) is 21.7. The Hall–Kier alpha value is -3.95. The molecular formula is C20H19N3O7. The molecule has 1 heterocycles. The number of benzene rings is 2. The van der Waals surface area contributed by atoms with Crippen LogP contribution >= 0.6 is 0 Å². The van der Waals surface area contributed by atoms with Crippen LogP contribution in [0.15, 0.2) is 48.5 Å². The molecule has 0 saturated carbocycles. The van der Waals surface area contributed by atoms with Crippen molar-refractivity contribution in [3.05, 3.63) is 64.2 Å². The largest absolute Gasteiger partial charge is 0.482 e. The number of ether oxygens (including phenoxy) is 2. The number of nitrogens with zero attached hydrogens (tertiary/aromatic N) is 3. The van der Waals surface area contributed by atoms with Crippen LogP contribution in [0.25, 0.3) is 0 Å². The van der Waals surface area contributed by atoms with E-state index in [0.717, 1.165) is 16.5 Å². The lowest BCUT2D eigenvalue weighted by Gasteiger charge is -2.28. The van der Waals surface area contributed by atoms with E-state index < -0.39 is 35.9 Å². The van der Waals surface area contributed by atoms with E-state index in [1.165, 1.54) is 17.0 Å². The zero-order valence-electron chi connectivity index (χ0n) is 16.1. The van der Waals surface area contributed by atoms with E-state index in [-0.39, 0.29) is 23.7 Å². The molecule has 0 N–H and O–H groups in total. The smallest absolute Gasteiger partial charge is 0.326 e. The van der Waals surface area contributed by atoms with Gasteiger partial charge in [-0.05, 0) is 11.6 Å². The van der Waals surface area contributed by atoms with Gasteiger partial charge < -0.3 is 14.4 Å². The summed E-state index contributed by atoms with van der Waals surface area (Å²) in [7, 11) is 1.59. The molecule has 0 aromatic heterocycles. The summed E-state index contributed by atoms with van der Waals surface area (Å²) in [5, 5.41) is 11.0. The lowest BCUT2D eigenvalue weighted by molar-refractivity contribution is -0.384. The maximum atomic E-state index is 12.2. The Morgan fingerprint density at radius 2 is 1.97 bits per heavy atom. The van der Waals surface area contributed by atoms with E-state index in [1.807, 2.05) is 30.3 Å². The van der Waals surface area contributed by atoms with Gasteiger partial charge >= 0.3 is 5.97 Å². The Labute approximate surface area is 171 Å². The molecule has 0 spiro atoms. The fourth-order valence-electron chi connectivity index (χ4n) is 2.85. The standard InChI is InChI=1S/C20H19N3O7/c1-21(10-14-5-3-2-4-6-14)18(24)12-30-20(26)11-22-16-9-15(23(27)28)7-8-17(16)29-13-19(22)25/h2-9H,10-13H2,1H3. The number of esters is 1.